The average molecular weight is 366 g/mol. The molecular formula is C13H20BrNO4S. The number of rotatable bonds is 8. The molecule has 0 amide bonds. The third-order valence-electron chi connectivity index (χ3n) is 2.79. The summed E-state index contributed by atoms with van der Waals surface area (Å²) in [5.74, 6) is 0. The molecule has 0 saturated heterocycles. The lowest BCUT2D eigenvalue weighted by atomic mass is 10.2. The third-order valence-corrected chi connectivity index (χ3v) is 5.20. The fourth-order valence-electron chi connectivity index (χ4n) is 1.68. The Morgan fingerprint density at radius 3 is 2.70 bits per heavy atom. The van der Waals surface area contributed by atoms with Crippen molar-refractivity contribution in [2.75, 3.05) is 19.8 Å². The first kappa shape index (κ1) is 17.6. The quantitative estimate of drug-likeness (QED) is 0.690. The average Bonchev–Trinajstić information content (AvgIpc) is 2.41. The van der Waals surface area contributed by atoms with Crippen molar-refractivity contribution in [3.8, 4) is 0 Å². The van der Waals surface area contributed by atoms with Gasteiger partial charge < -0.3 is 9.84 Å². The van der Waals surface area contributed by atoms with Crippen LogP contribution in [-0.2, 0) is 21.4 Å². The van der Waals surface area contributed by atoms with Crippen LogP contribution in [0.15, 0.2) is 21.5 Å². The van der Waals surface area contributed by atoms with Crippen LogP contribution in [0.2, 0.25) is 0 Å². The molecule has 0 spiro atoms. The molecule has 20 heavy (non-hydrogen) atoms. The van der Waals surface area contributed by atoms with E-state index in [2.05, 4.69) is 20.7 Å². The van der Waals surface area contributed by atoms with Crippen LogP contribution in [0.1, 0.15) is 24.5 Å². The Morgan fingerprint density at radius 2 is 2.10 bits per heavy atom. The second-order valence-corrected chi connectivity index (χ2v) is 6.90. The number of aliphatic hydroxyl groups is 1. The van der Waals surface area contributed by atoms with Crippen LogP contribution >= 0.6 is 15.9 Å². The van der Waals surface area contributed by atoms with Gasteiger partial charge in [0.15, 0.2) is 0 Å². The topological polar surface area (TPSA) is 75.6 Å². The minimum Gasteiger partial charge on any atom is -0.392 e. The van der Waals surface area contributed by atoms with E-state index in [1.807, 2.05) is 6.92 Å². The minimum absolute atomic E-state index is 0.187. The van der Waals surface area contributed by atoms with Crippen molar-refractivity contribution < 1.29 is 18.3 Å². The molecule has 7 heteroatoms. The summed E-state index contributed by atoms with van der Waals surface area (Å²) >= 11 is 3.31. The van der Waals surface area contributed by atoms with E-state index in [9.17, 15) is 8.42 Å². The molecule has 0 aliphatic rings. The van der Waals surface area contributed by atoms with Gasteiger partial charge in [-0.05, 0) is 43.5 Å². The number of sulfonamides is 1. The minimum atomic E-state index is -3.58. The van der Waals surface area contributed by atoms with Crippen LogP contribution in [0.5, 0.6) is 0 Å². The summed E-state index contributed by atoms with van der Waals surface area (Å²) in [6.07, 6.45) is 0.618. The first-order valence-corrected chi connectivity index (χ1v) is 8.67. The van der Waals surface area contributed by atoms with Crippen molar-refractivity contribution in [1.29, 1.82) is 0 Å². The van der Waals surface area contributed by atoms with Gasteiger partial charge in [0.2, 0.25) is 10.0 Å². The molecule has 2 N–H and O–H groups in total. The van der Waals surface area contributed by atoms with Crippen molar-refractivity contribution >= 4 is 26.0 Å². The summed E-state index contributed by atoms with van der Waals surface area (Å²) in [5, 5.41) is 9.16. The normalized spacial score (nSPS) is 11.8. The number of halogens is 1. The Morgan fingerprint density at radius 1 is 1.40 bits per heavy atom. The second kappa shape index (κ2) is 8.09. The number of ether oxygens (including phenoxy) is 1. The van der Waals surface area contributed by atoms with Gasteiger partial charge in [-0.3, -0.25) is 0 Å². The van der Waals surface area contributed by atoms with E-state index in [0.717, 1.165) is 0 Å². The summed E-state index contributed by atoms with van der Waals surface area (Å²) in [6.45, 7) is 4.88. The van der Waals surface area contributed by atoms with Gasteiger partial charge >= 0.3 is 0 Å². The van der Waals surface area contributed by atoms with Crippen molar-refractivity contribution in [1.82, 2.24) is 4.72 Å². The Bertz CT molecular complexity index is 546. The summed E-state index contributed by atoms with van der Waals surface area (Å²) in [5.41, 5.74) is 1.18. The van der Waals surface area contributed by atoms with Crippen molar-refractivity contribution in [2.45, 2.75) is 31.8 Å². The highest BCUT2D eigenvalue weighted by molar-refractivity contribution is 9.10. The van der Waals surface area contributed by atoms with Crippen LogP contribution in [-0.4, -0.2) is 33.3 Å². The molecule has 1 aromatic carbocycles. The maximum Gasteiger partial charge on any atom is 0.240 e. The van der Waals surface area contributed by atoms with Gasteiger partial charge in [0, 0.05) is 24.2 Å². The Labute approximate surface area is 128 Å². The maximum atomic E-state index is 12.3. The predicted molar refractivity (Wildman–Crippen MR) is 81.1 cm³/mol. The molecule has 1 aromatic rings. The second-order valence-electron chi connectivity index (χ2n) is 4.31. The maximum absolute atomic E-state index is 12.3. The van der Waals surface area contributed by atoms with Crippen LogP contribution in [0, 0.1) is 6.92 Å². The van der Waals surface area contributed by atoms with Crippen LogP contribution in [0.4, 0.5) is 0 Å². The smallest absolute Gasteiger partial charge is 0.240 e. The zero-order valence-electron chi connectivity index (χ0n) is 11.6. The predicted octanol–water partition coefficient (Wildman–Crippen LogP) is 1.95. The first-order chi connectivity index (χ1) is 9.42. The monoisotopic (exact) mass is 365 g/mol. The molecule has 0 aliphatic carbocycles. The Balaban J connectivity index is 2.84. The molecule has 1 rings (SSSR count). The van der Waals surface area contributed by atoms with Gasteiger partial charge in [-0.25, -0.2) is 13.1 Å². The highest BCUT2D eigenvalue weighted by Gasteiger charge is 2.18. The van der Waals surface area contributed by atoms with Gasteiger partial charge in [0.1, 0.15) is 0 Å². The van der Waals surface area contributed by atoms with E-state index >= 15 is 0 Å². The van der Waals surface area contributed by atoms with E-state index in [0.29, 0.717) is 41.8 Å². The lowest BCUT2D eigenvalue weighted by Crippen LogP contribution is -2.26. The summed E-state index contributed by atoms with van der Waals surface area (Å²) in [6, 6.07) is 3.20. The molecule has 0 radical (unpaired) electrons. The van der Waals surface area contributed by atoms with E-state index in [-0.39, 0.29) is 11.5 Å². The molecule has 0 saturated carbocycles. The van der Waals surface area contributed by atoms with Gasteiger partial charge in [0.05, 0.1) is 11.5 Å². The summed E-state index contributed by atoms with van der Waals surface area (Å²) in [4.78, 5) is 0.187. The van der Waals surface area contributed by atoms with Crippen LogP contribution in [0.3, 0.4) is 0 Å². The SMILES string of the molecule is CCOCCCNS(=O)(=O)c1cc(CO)cc(Br)c1C. The molecule has 0 unspecified atom stereocenters. The van der Waals surface area contributed by atoms with E-state index in [1.54, 1.807) is 13.0 Å². The number of aliphatic hydroxyl groups excluding tert-OH is 1. The molecular weight excluding hydrogens is 346 g/mol. The lowest BCUT2D eigenvalue weighted by Gasteiger charge is -2.12. The Hall–Kier alpha value is -0.470. The number of hydrogen-bond acceptors (Lipinski definition) is 4. The van der Waals surface area contributed by atoms with Gasteiger partial charge in [-0.15, -0.1) is 0 Å². The van der Waals surface area contributed by atoms with Gasteiger partial charge in [-0.1, -0.05) is 15.9 Å². The van der Waals surface area contributed by atoms with Crippen molar-refractivity contribution in [2.24, 2.45) is 0 Å². The molecule has 0 bridgehead atoms. The largest absolute Gasteiger partial charge is 0.392 e. The molecule has 0 heterocycles. The summed E-state index contributed by atoms with van der Waals surface area (Å²) in [7, 11) is -3.58. The number of benzene rings is 1. The van der Waals surface area contributed by atoms with Crippen LogP contribution in [0.25, 0.3) is 0 Å². The van der Waals surface area contributed by atoms with Gasteiger partial charge in [0.25, 0.3) is 0 Å². The molecule has 5 nitrogen and oxygen atoms in total. The standard InChI is InChI=1S/C13H20BrNO4S/c1-3-19-6-4-5-15-20(17,18)13-8-11(9-16)7-12(14)10(13)2/h7-8,15-16H,3-6,9H2,1-2H3. The highest BCUT2D eigenvalue weighted by Crippen LogP contribution is 2.25. The first-order valence-electron chi connectivity index (χ1n) is 6.39. The van der Waals surface area contributed by atoms with E-state index in [1.165, 1.54) is 6.07 Å². The lowest BCUT2D eigenvalue weighted by molar-refractivity contribution is 0.146. The molecule has 0 fully saturated rings. The molecule has 0 aliphatic heterocycles. The molecule has 0 atom stereocenters. The summed E-state index contributed by atoms with van der Waals surface area (Å²) < 4.78 is 32.9. The zero-order valence-corrected chi connectivity index (χ0v) is 14.1. The fraction of sp³-hybridized carbons (Fsp3) is 0.538. The van der Waals surface area contributed by atoms with Crippen LogP contribution < -0.4 is 4.72 Å². The van der Waals surface area contributed by atoms with E-state index in [4.69, 9.17) is 9.84 Å². The zero-order chi connectivity index (χ0) is 15.2. The highest BCUT2D eigenvalue weighted by atomic mass is 79.9. The van der Waals surface area contributed by atoms with Crippen molar-refractivity contribution in [3.05, 3.63) is 27.7 Å². The van der Waals surface area contributed by atoms with Crippen molar-refractivity contribution in [3.63, 3.8) is 0 Å². The fourth-order valence-corrected chi connectivity index (χ4v) is 3.71. The molecule has 114 valence electrons. The third kappa shape index (κ3) is 4.82. The number of nitrogens with one attached hydrogen (secondary N) is 1. The number of hydrogen-bond donors (Lipinski definition) is 2. The molecule has 0 aromatic heterocycles. The van der Waals surface area contributed by atoms with E-state index < -0.39 is 10.0 Å². The Kier molecular flexibility index (Phi) is 7.11. The van der Waals surface area contributed by atoms with Gasteiger partial charge in [-0.2, -0.15) is 0 Å².